The van der Waals surface area contributed by atoms with Crippen LogP contribution in [0.5, 0.6) is 5.75 Å². The molecule has 3 rings (SSSR count). The zero-order valence-electron chi connectivity index (χ0n) is 19.6. The standard InChI is InChI=1S/C26H29Cl2NO4/c1-15(2)32-10-6-9-29-24(30)11-16(3)20-13-21-22(19-8-7-18(27)12-23(19)28)14-33-26(21)17(4)25(20)31-5/h7-8,11-15H,6,9-10H2,1-5H3,(H,29,30)/b16-11+. The SMILES string of the molecule is COc1c(/C(C)=C/C(=O)NCCCOC(C)C)cc2c(-c3ccc(Cl)cc3Cl)coc2c1C. The number of amides is 1. The van der Waals surface area contributed by atoms with Crippen molar-refractivity contribution >= 4 is 45.7 Å². The van der Waals surface area contributed by atoms with Gasteiger partial charge in [-0.1, -0.05) is 29.3 Å². The number of methoxy groups -OCH3 is 1. The lowest BCUT2D eigenvalue weighted by atomic mass is 9.96. The van der Waals surface area contributed by atoms with E-state index in [-0.39, 0.29) is 12.0 Å². The smallest absolute Gasteiger partial charge is 0.244 e. The molecule has 1 N–H and O–H groups in total. The van der Waals surface area contributed by atoms with E-state index in [1.165, 1.54) is 0 Å². The molecule has 0 aliphatic heterocycles. The van der Waals surface area contributed by atoms with E-state index in [2.05, 4.69) is 5.32 Å². The van der Waals surface area contributed by atoms with Gasteiger partial charge in [0.05, 0.1) is 24.5 Å². The van der Waals surface area contributed by atoms with Crippen LogP contribution in [-0.4, -0.2) is 32.3 Å². The number of hydrogen-bond acceptors (Lipinski definition) is 4. The number of carbonyl (C=O) groups excluding carboxylic acids is 1. The third kappa shape index (κ3) is 5.91. The van der Waals surface area contributed by atoms with Crippen LogP contribution in [0.1, 0.15) is 38.3 Å². The Morgan fingerprint density at radius 1 is 1.21 bits per heavy atom. The molecule has 1 amide bonds. The molecule has 176 valence electrons. The Balaban J connectivity index is 1.93. The number of rotatable bonds is 9. The maximum absolute atomic E-state index is 12.5. The molecular weight excluding hydrogens is 461 g/mol. The van der Waals surface area contributed by atoms with E-state index in [9.17, 15) is 4.79 Å². The Labute approximate surface area is 204 Å². The van der Waals surface area contributed by atoms with Gasteiger partial charge in [-0.2, -0.15) is 0 Å². The minimum atomic E-state index is -0.162. The fourth-order valence-electron chi connectivity index (χ4n) is 3.72. The largest absolute Gasteiger partial charge is 0.496 e. The van der Waals surface area contributed by atoms with Gasteiger partial charge in [0.15, 0.2) is 0 Å². The molecule has 0 fully saturated rings. The van der Waals surface area contributed by atoms with Gasteiger partial charge >= 0.3 is 0 Å². The predicted molar refractivity (Wildman–Crippen MR) is 135 cm³/mol. The van der Waals surface area contributed by atoms with E-state index in [1.807, 2.05) is 39.8 Å². The summed E-state index contributed by atoms with van der Waals surface area (Å²) in [6.45, 7) is 8.96. The van der Waals surface area contributed by atoms with Gasteiger partial charge in [-0.3, -0.25) is 4.79 Å². The summed E-state index contributed by atoms with van der Waals surface area (Å²) in [5.41, 5.74) is 4.81. The van der Waals surface area contributed by atoms with E-state index in [0.29, 0.717) is 34.5 Å². The number of carbonyl (C=O) groups is 1. The third-order valence-electron chi connectivity index (χ3n) is 5.31. The summed E-state index contributed by atoms with van der Waals surface area (Å²) in [6.07, 6.45) is 4.21. The molecular formula is C26H29Cl2NO4. The highest BCUT2D eigenvalue weighted by Gasteiger charge is 2.20. The Morgan fingerprint density at radius 3 is 2.64 bits per heavy atom. The molecule has 2 aromatic carbocycles. The third-order valence-corrected chi connectivity index (χ3v) is 5.86. The topological polar surface area (TPSA) is 60.7 Å². The van der Waals surface area contributed by atoms with Crippen molar-refractivity contribution in [3.8, 4) is 16.9 Å². The average molecular weight is 490 g/mol. The highest BCUT2D eigenvalue weighted by atomic mass is 35.5. The first-order valence-electron chi connectivity index (χ1n) is 10.8. The van der Waals surface area contributed by atoms with Gasteiger partial charge in [0.2, 0.25) is 5.91 Å². The van der Waals surface area contributed by atoms with Gasteiger partial charge in [-0.15, -0.1) is 0 Å². The fraction of sp³-hybridized carbons (Fsp3) is 0.346. The van der Waals surface area contributed by atoms with Crippen LogP contribution in [0.25, 0.3) is 27.7 Å². The summed E-state index contributed by atoms with van der Waals surface area (Å²) in [7, 11) is 1.61. The molecule has 1 heterocycles. The van der Waals surface area contributed by atoms with Gasteiger partial charge in [0.1, 0.15) is 11.3 Å². The molecule has 0 aliphatic carbocycles. The molecule has 0 atom stereocenters. The Morgan fingerprint density at radius 2 is 1.97 bits per heavy atom. The molecule has 0 saturated carbocycles. The quantitative estimate of drug-likeness (QED) is 0.258. The molecule has 0 bridgehead atoms. The molecule has 0 radical (unpaired) electrons. The van der Waals surface area contributed by atoms with E-state index in [0.717, 1.165) is 39.6 Å². The Hall–Kier alpha value is -2.47. The first kappa shape index (κ1) is 25.2. The van der Waals surface area contributed by atoms with Gasteiger partial charge in [0, 0.05) is 51.9 Å². The number of aryl methyl sites for hydroxylation is 1. The number of furan rings is 1. The fourth-order valence-corrected chi connectivity index (χ4v) is 4.23. The molecule has 0 unspecified atom stereocenters. The molecule has 0 spiro atoms. The second-order valence-electron chi connectivity index (χ2n) is 8.12. The predicted octanol–water partition coefficient (Wildman–Crippen LogP) is 7.06. The van der Waals surface area contributed by atoms with Gasteiger partial charge < -0.3 is 19.2 Å². The number of ether oxygens (including phenoxy) is 2. The Bertz CT molecular complexity index is 1180. The van der Waals surface area contributed by atoms with Gasteiger partial charge in [-0.05, 0) is 57.9 Å². The molecule has 5 nitrogen and oxygen atoms in total. The normalized spacial score (nSPS) is 11.9. The number of fused-ring (bicyclic) bond motifs is 1. The van der Waals surface area contributed by atoms with E-state index >= 15 is 0 Å². The van der Waals surface area contributed by atoms with Crippen molar-refractivity contribution in [3.05, 3.63) is 57.8 Å². The number of nitrogens with one attached hydrogen (secondary N) is 1. The van der Waals surface area contributed by atoms with Crippen LogP contribution in [0.3, 0.4) is 0 Å². The molecule has 3 aromatic rings. The summed E-state index contributed by atoms with van der Waals surface area (Å²) in [6, 6.07) is 7.34. The lowest BCUT2D eigenvalue weighted by Crippen LogP contribution is -2.23. The monoisotopic (exact) mass is 489 g/mol. The number of halogens is 2. The summed E-state index contributed by atoms with van der Waals surface area (Å²) < 4.78 is 17.1. The highest BCUT2D eigenvalue weighted by molar-refractivity contribution is 6.36. The number of hydrogen-bond donors (Lipinski definition) is 1. The van der Waals surface area contributed by atoms with Crippen LogP contribution in [0.15, 0.2) is 41.0 Å². The van der Waals surface area contributed by atoms with E-state index < -0.39 is 0 Å². The van der Waals surface area contributed by atoms with Crippen molar-refractivity contribution < 1.29 is 18.7 Å². The van der Waals surface area contributed by atoms with Crippen LogP contribution in [-0.2, 0) is 9.53 Å². The lowest BCUT2D eigenvalue weighted by molar-refractivity contribution is -0.116. The lowest BCUT2D eigenvalue weighted by Gasteiger charge is -2.13. The van der Waals surface area contributed by atoms with Crippen molar-refractivity contribution in [2.24, 2.45) is 0 Å². The van der Waals surface area contributed by atoms with Crippen LogP contribution in [0.4, 0.5) is 0 Å². The second kappa shape index (κ2) is 11.1. The van der Waals surface area contributed by atoms with E-state index in [1.54, 1.807) is 31.6 Å². The van der Waals surface area contributed by atoms with Gasteiger partial charge in [-0.25, -0.2) is 0 Å². The number of benzene rings is 2. The minimum Gasteiger partial charge on any atom is -0.496 e. The summed E-state index contributed by atoms with van der Waals surface area (Å²) >= 11 is 12.5. The van der Waals surface area contributed by atoms with Crippen molar-refractivity contribution in [3.63, 3.8) is 0 Å². The maximum atomic E-state index is 12.5. The summed E-state index contributed by atoms with van der Waals surface area (Å²) in [4.78, 5) is 12.5. The van der Waals surface area contributed by atoms with Gasteiger partial charge in [0.25, 0.3) is 0 Å². The molecule has 0 saturated heterocycles. The second-order valence-corrected chi connectivity index (χ2v) is 8.97. The van der Waals surface area contributed by atoms with Crippen molar-refractivity contribution in [1.82, 2.24) is 5.32 Å². The van der Waals surface area contributed by atoms with E-state index in [4.69, 9.17) is 37.1 Å². The summed E-state index contributed by atoms with van der Waals surface area (Å²) in [5, 5.41) is 4.89. The average Bonchev–Trinajstić information content (AvgIpc) is 3.17. The molecule has 0 aliphatic rings. The van der Waals surface area contributed by atoms with Crippen LogP contribution in [0, 0.1) is 6.92 Å². The first-order valence-corrected chi connectivity index (χ1v) is 11.6. The van der Waals surface area contributed by atoms with Crippen LogP contribution in [0.2, 0.25) is 10.0 Å². The number of allylic oxidation sites excluding steroid dienone is 1. The van der Waals surface area contributed by atoms with Crippen LogP contribution >= 0.6 is 23.2 Å². The zero-order valence-corrected chi connectivity index (χ0v) is 21.1. The van der Waals surface area contributed by atoms with Crippen molar-refractivity contribution in [2.75, 3.05) is 20.3 Å². The zero-order chi connectivity index (χ0) is 24.1. The summed E-state index contributed by atoms with van der Waals surface area (Å²) in [5.74, 6) is 0.502. The molecule has 7 heteroatoms. The molecule has 33 heavy (non-hydrogen) atoms. The van der Waals surface area contributed by atoms with Crippen molar-refractivity contribution in [2.45, 2.75) is 40.2 Å². The first-order chi connectivity index (χ1) is 15.7. The Kier molecular flexibility index (Phi) is 8.46. The molecule has 1 aromatic heterocycles. The van der Waals surface area contributed by atoms with Crippen LogP contribution < -0.4 is 10.1 Å². The highest BCUT2D eigenvalue weighted by Crippen LogP contribution is 2.42. The van der Waals surface area contributed by atoms with Crippen molar-refractivity contribution in [1.29, 1.82) is 0 Å². The maximum Gasteiger partial charge on any atom is 0.244 e. The minimum absolute atomic E-state index is 0.162.